The van der Waals surface area contributed by atoms with Crippen LogP contribution in [0.1, 0.15) is 30.6 Å². The van der Waals surface area contributed by atoms with Crippen molar-refractivity contribution in [1.82, 2.24) is 10.3 Å². The maximum Gasteiger partial charge on any atom is 0.300 e. The number of amides is 2. The van der Waals surface area contributed by atoms with Crippen LogP contribution in [0.2, 0.25) is 0 Å². The normalized spacial score (nSPS) is 11.5. The highest BCUT2D eigenvalue weighted by Gasteiger charge is 2.23. The van der Waals surface area contributed by atoms with Crippen molar-refractivity contribution in [2.24, 2.45) is 5.73 Å². The van der Waals surface area contributed by atoms with E-state index in [2.05, 4.69) is 15.6 Å². The van der Waals surface area contributed by atoms with Gasteiger partial charge in [0.2, 0.25) is 5.91 Å². The molecule has 1 rings (SSSR count). The van der Waals surface area contributed by atoms with Gasteiger partial charge in [0, 0.05) is 25.1 Å². The lowest BCUT2D eigenvalue weighted by Gasteiger charge is -2.12. The van der Waals surface area contributed by atoms with Crippen LogP contribution in [-0.4, -0.2) is 34.3 Å². The van der Waals surface area contributed by atoms with Gasteiger partial charge in [-0.1, -0.05) is 0 Å². The van der Waals surface area contributed by atoms with Crippen LogP contribution in [0.3, 0.4) is 0 Å². The molecule has 0 spiro atoms. The molecule has 1 unspecified atom stereocenters. The van der Waals surface area contributed by atoms with Crippen LogP contribution in [0, 0.1) is 10.1 Å². The summed E-state index contributed by atoms with van der Waals surface area (Å²) >= 11 is 0. The molecule has 1 aromatic rings. The number of hydrogen-bond acceptors (Lipinski definition) is 6. The van der Waals surface area contributed by atoms with E-state index in [0.717, 1.165) is 6.20 Å². The van der Waals surface area contributed by atoms with E-state index in [4.69, 9.17) is 5.73 Å². The number of pyridine rings is 1. The number of nitrogens with one attached hydrogen (secondary N) is 2. The summed E-state index contributed by atoms with van der Waals surface area (Å²) in [4.78, 5) is 37.0. The third-order valence-corrected chi connectivity index (χ3v) is 2.57. The number of primary amides is 1. The monoisotopic (exact) mass is 295 g/mol. The van der Waals surface area contributed by atoms with Crippen LogP contribution in [-0.2, 0) is 4.79 Å². The lowest BCUT2D eigenvalue weighted by atomic mass is 10.1. The summed E-state index contributed by atoms with van der Waals surface area (Å²) < 4.78 is 0. The van der Waals surface area contributed by atoms with Crippen molar-refractivity contribution in [1.29, 1.82) is 0 Å². The Kier molecular flexibility index (Phi) is 5.58. The molecule has 4 N–H and O–H groups in total. The number of nitro groups is 1. The van der Waals surface area contributed by atoms with Gasteiger partial charge in [-0.15, -0.1) is 0 Å². The fourth-order valence-electron chi connectivity index (χ4n) is 1.71. The molecule has 9 heteroatoms. The van der Waals surface area contributed by atoms with Crippen LogP contribution in [0.15, 0.2) is 12.3 Å². The molecule has 0 aliphatic rings. The molecule has 1 atom stereocenters. The number of rotatable bonds is 7. The Hall–Kier alpha value is -2.71. The fourth-order valence-corrected chi connectivity index (χ4v) is 1.71. The van der Waals surface area contributed by atoms with Gasteiger partial charge in [-0.3, -0.25) is 19.7 Å². The zero-order valence-electron chi connectivity index (χ0n) is 11.8. The van der Waals surface area contributed by atoms with Crippen molar-refractivity contribution in [2.45, 2.75) is 26.3 Å². The molecule has 0 aliphatic carbocycles. The number of nitrogens with zero attached hydrogens (tertiary/aromatic N) is 2. The van der Waals surface area contributed by atoms with Crippen molar-refractivity contribution in [2.75, 3.05) is 11.9 Å². The zero-order valence-corrected chi connectivity index (χ0v) is 11.8. The first kappa shape index (κ1) is 16.3. The zero-order chi connectivity index (χ0) is 16.0. The smallest absolute Gasteiger partial charge is 0.300 e. The van der Waals surface area contributed by atoms with Crippen LogP contribution in [0.4, 0.5) is 11.5 Å². The van der Waals surface area contributed by atoms with Crippen LogP contribution in [0.5, 0.6) is 0 Å². The van der Waals surface area contributed by atoms with E-state index < -0.39 is 28.5 Å². The Bertz CT molecular complexity index is 561. The summed E-state index contributed by atoms with van der Waals surface area (Å²) in [6.45, 7) is 3.97. The molecule has 0 aliphatic heterocycles. The van der Waals surface area contributed by atoms with Crippen molar-refractivity contribution >= 4 is 23.3 Å². The van der Waals surface area contributed by atoms with Crippen molar-refractivity contribution in [3.63, 3.8) is 0 Å². The van der Waals surface area contributed by atoms with E-state index in [9.17, 15) is 19.7 Å². The average Bonchev–Trinajstić information content (AvgIpc) is 2.37. The summed E-state index contributed by atoms with van der Waals surface area (Å²) in [5.41, 5.74) is 4.51. The number of carbonyl (C=O) groups excluding carboxylic acids is 2. The lowest BCUT2D eigenvalue weighted by Crippen LogP contribution is -2.36. The van der Waals surface area contributed by atoms with Crippen molar-refractivity contribution < 1.29 is 14.5 Å². The highest BCUT2D eigenvalue weighted by Crippen LogP contribution is 2.20. The highest BCUT2D eigenvalue weighted by atomic mass is 16.6. The summed E-state index contributed by atoms with van der Waals surface area (Å²) in [5, 5.41) is 16.3. The molecule has 1 heterocycles. The summed E-state index contributed by atoms with van der Waals surface area (Å²) in [7, 11) is 0. The molecular weight excluding hydrogens is 278 g/mol. The third-order valence-electron chi connectivity index (χ3n) is 2.57. The fraction of sp³-hybridized carbons (Fsp3) is 0.417. The van der Waals surface area contributed by atoms with Gasteiger partial charge in [-0.2, -0.15) is 0 Å². The second-order valence-electron chi connectivity index (χ2n) is 4.42. The number of carbonyl (C=O) groups is 2. The van der Waals surface area contributed by atoms with E-state index in [1.165, 1.54) is 6.07 Å². The number of aromatic nitrogens is 1. The Morgan fingerprint density at radius 1 is 1.52 bits per heavy atom. The molecule has 0 aromatic carbocycles. The van der Waals surface area contributed by atoms with Gasteiger partial charge in [-0.05, 0) is 13.8 Å². The molecule has 1 aromatic heterocycles. The molecule has 0 bridgehead atoms. The Balaban J connectivity index is 3.01. The molecule has 9 nitrogen and oxygen atoms in total. The van der Waals surface area contributed by atoms with E-state index in [-0.39, 0.29) is 12.0 Å². The SMILES string of the molecule is CCNc1cc(C(=O)NC(C)CC(N)=O)c([N+](=O)[O-])cn1. The highest BCUT2D eigenvalue weighted by molar-refractivity contribution is 5.99. The standard InChI is InChI=1S/C12H17N5O4/c1-3-14-11-5-8(9(6-15-11)17(20)21)12(19)16-7(2)4-10(13)18/h5-7H,3-4H2,1-2H3,(H2,13,18)(H,14,15)(H,16,19). The van der Waals surface area contributed by atoms with Gasteiger partial charge in [0.05, 0.1) is 4.92 Å². The van der Waals surface area contributed by atoms with Gasteiger partial charge in [-0.25, -0.2) is 4.98 Å². The predicted octanol–water partition coefficient (Wildman–Crippen LogP) is 0.415. The molecule has 21 heavy (non-hydrogen) atoms. The first-order valence-corrected chi connectivity index (χ1v) is 6.32. The molecule has 0 saturated carbocycles. The largest absolute Gasteiger partial charge is 0.370 e. The number of hydrogen-bond donors (Lipinski definition) is 3. The first-order valence-electron chi connectivity index (χ1n) is 6.32. The van der Waals surface area contributed by atoms with E-state index >= 15 is 0 Å². The number of nitrogens with two attached hydrogens (primary N) is 1. The molecule has 0 radical (unpaired) electrons. The summed E-state index contributed by atoms with van der Waals surface area (Å²) in [5.74, 6) is -0.867. The van der Waals surface area contributed by atoms with Crippen LogP contribution >= 0.6 is 0 Å². The Labute approximate surface area is 121 Å². The molecule has 0 saturated heterocycles. The summed E-state index contributed by atoms with van der Waals surface area (Å²) in [6.07, 6.45) is 0.969. The molecule has 2 amide bonds. The number of anilines is 1. The first-order chi connectivity index (χ1) is 9.85. The van der Waals surface area contributed by atoms with Gasteiger partial charge >= 0.3 is 0 Å². The van der Waals surface area contributed by atoms with Crippen molar-refractivity contribution in [3.8, 4) is 0 Å². The average molecular weight is 295 g/mol. The lowest BCUT2D eigenvalue weighted by molar-refractivity contribution is -0.385. The van der Waals surface area contributed by atoms with Gasteiger partial charge in [0.1, 0.15) is 17.6 Å². The summed E-state index contributed by atoms with van der Waals surface area (Å²) in [6, 6.07) is 0.777. The quantitative estimate of drug-likeness (QED) is 0.491. The van der Waals surface area contributed by atoms with E-state index in [1.807, 2.05) is 6.92 Å². The predicted molar refractivity (Wildman–Crippen MR) is 75.8 cm³/mol. The maximum absolute atomic E-state index is 12.1. The minimum Gasteiger partial charge on any atom is -0.370 e. The third kappa shape index (κ3) is 4.71. The van der Waals surface area contributed by atoms with Crippen LogP contribution < -0.4 is 16.4 Å². The Morgan fingerprint density at radius 2 is 2.19 bits per heavy atom. The van der Waals surface area contributed by atoms with Gasteiger partial charge in [0.25, 0.3) is 11.6 Å². The van der Waals surface area contributed by atoms with Crippen molar-refractivity contribution in [3.05, 3.63) is 27.9 Å². The van der Waals surface area contributed by atoms with Gasteiger partial charge in [0.15, 0.2) is 0 Å². The van der Waals surface area contributed by atoms with E-state index in [0.29, 0.717) is 12.4 Å². The second-order valence-corrected chi connectivity index (χ2v) is 4.42. The topological polar surface area (TPSA) is 140 Å². The molecule has 0 fully saturated rings. The van der Waals surface area contributed by atoms with Gasteiger partial charge < -0.3 is 16.4 Å². The minimum absolute atomic E-state index is 0.0509. The Morgan fingerprint density at radius 3 is 2.71 bits per heavy atom. The maximum atomic E-state index is 12.1. The minimum atomic E-state index is -0.684. The van der Waals surface area contributed by atoms with Crippen LogP contribution in [0.25, 0.3) is 0 Å². The van der Waals surface area contributed by atoms with E-state index in [1.54, 1.807) is 6.92 Å². The molecule has 114 valence electrons. The second kappa shape index (κ2) is 7.17. The molecular formula is C12H17N5O4.